The van der Waals surface area contributed by atoms with Crippen molar-refractivity contribution in [2.45, 2.75) is 37.9 Å². The van der Waals surface area contributed by atoms with Gasteiger partial charge in [0.05, 0.1) is 30.0 Å². The van der Waals surface area contributed by atoms with Crippen LogP contribution in [0.1, 0.15) is 52.7 Å². The second-order valence-electron chi connectivity index (χ2n) is 10.4. The Labute approximate surface area is 244 Å². The zero-order valence-electron chi connectivity index (χ0n) is 22.9. The Balaban J connectivity index is 1.32. The van der Waals surface area contributed by atoms with E-state index in [-0.39, 0.29) is 46.5 Å². The maximum absolute atomic E-state index is 13.0. The van der Waals surface area contributed by atoms with E-state index in [0.29, 0.717) is 17.9 Å². The molecule has 0 unspecified atom stereocenters. The Bertz CT molecular complexity index is 1610. The lowest BCUT2D eigenvalue weighted by molar-refractivity contribution is -0.137. The van der Waals surface area contributed by atoms with Crippen LogP contribution in [0.15, 0.2) is 65.7 Å². The van der Waals surface area contributed by atoms with Crippen LogP contribution < -0.4 is 22.1 Å². The Hall–Kier alpha value is -4.85. The Morgan fingerprint density at radius 2 is 1.93 bits per heavy atom. The summed E-state index contributed by atoms with van der Waals surface area (Å²) in [4.78, 5) is 29.4. The minimum atomic E-state index is -4.57. The van der Waals surface area contributed by atoms with Crippen LogP contribution in [0.5, 0.6) is 0 Å². The number of aromatic nitrogens is 3. The number of nitrogens with zero attached hydrogens (tertiary/aromatic N) is 4. The molecule has 2 saturated carbocycles. The predicted octanol–water partition coefficient (Wildman–Crippen LogP) is 3.77. The van der Waals surface area contributed by atoms with Gasteiger partial charge in [-0.15, -0.1) is 0 Å². The van der Waals surface area contributed by atoms with Gasteiger partial charge in [-0.1, -0.05) is 12.1 Å². The van der Waals surface area contributed by atoms with Gasteiger partial charge in [-0.2, -0.15) is 13.2 Å². The van der Waals surface area contributed by atoms with Gasteiger partial charge in [0, 0.05) is 34.5 Å². The number of aliphatic hydroxyl groups is 1. The number of nitrogens with one attached hydrogen (secondary N) is 3. The van der Waals surface area contributed by atoms with Gasteiger partial charge in [0.2, 0.25) is 0 Å². The van der Waals surface area contributed by atoms with Crippen molar-refractivity contribution in [2.24, 2.45) is 16.1 Å². The number of halogens is 3. The van der Waals surface area contributed by atoms with Gasteiger partial charge in [-0.25, -0.2) is 15.0 Å². The molecule has 5 rings (SSSR count). The smallest absolute Gasteiger partial charge is 0.404 e. The first-order chi connectivity index (χ1) is 20.6. The highest BCUT2D eigenvalue weighted by Gasteiger charge is 2.58. The number of aliphatic hydroxyl groups excluding tert-OH is 1. The standard InChI is InChI=1S/C29H30F3N9O2/c30-29(31,32)18-7-9-37-22(12-18)41-27(43)17-5-3-16(4-6-17)24(34)23-25(35)38-15-39-26(23)40-21-13-28(21)8-1-2-20(19(28)14-33)36-10-11-42/h3-7,9,12,14-15,21,34,42H,1-2,8,10-11,13,33H2,(H,37,41,43)(H3,35,38,39,40)/t21-,28+/m0/s1. The Kier molecular flexibility index (Phi) is 8.13. The van der Waals surface area contributed by atoms with Gasteiger partial charge in [0.1, 0.15) is 23.8 Å². The van der Waals surface area contributed by atoms with Crippen molar-refractivity contribution in [3.05, 3.63) is 82.9 Å². The number of rotatable bonds is 8. The molecule has 0 saturated heterocycles. The number of benzene rings is 1. The van der Waals surface area contributed by atoms with E-state index in [9.17, 15) is 23.1 Å². The van der Waals surface area contributed by atoms with Crippen molar-refractivity contribution in [3.63, 3.8) is 0 Å². The summed E-state index contributed by atoms with van der Waals surface area (Å²) in [5.41, 5.74) is 13.8. The number of pyridine rings is 1. The number of hydrogen-bond acceptors (Lipinski definition) is 10. The fourth-order valence-electron chi connectivity index (χ4n) is 5.52. The fraction of sp³-hybridized carbons (Fsp3) is 0.310. The lowest BCUT2D eigenvalue weighted by Crippen LogP contribution is -2.28. The van der Waals surface area contributed by atoms with Gasteiger partial charge in [-0.05, 0) is 61.7 Å². The highest BCUT2D eigenvalue weighted by atomic mass is 19.4. The van der Waals surface area contributed by atoms with Crippen LogP contribution in [0.3, 0.4) is 0 Å². The molecule has 2 aromatic heterocycles. The molecule has 224 valence electrons. The van der Waals surface area contributed by atoms with Crippen molar-refractivity contribution >= 4 is 34.8 Å². The van der Waals surface area contributed by atoms with E-state index in [0.717, 1.165) is 55.3 Å². The number of carbonyl (C=O) groups excluding carboxylic acids is 1. The van der Waals surface area contributed by atoms with E-state index in [4.69, 9.17) is 16.9 Å². The first kappa shape index (κ1) is 29.6. The molecule has 2 atom stereocenters. The van der Waals surface area contributed by atoms with Gasteiger partial charge in [0.25, 0.3) is 5.91 Å². The summed E-state index contributed by atoms with van der Waals surface area (Å²) in [7, 11) is 0. The maximum atomic E-state index is 13.0. The quantitative estimate of drug-likeness (QED) is 0.213. The number of aliphatic imine (C=N–C) groups is 1. The molecular formula is C29H30F3N9O2. The minimum Gasteiger partial charge on any atom is -0.404 e. The maximum Gasteiger partial charge on any atom is 0.416 e. The zero-order valence-corrected chi connectivity index (χ0v) is 22.9. The molecule has 2 aliphatic carbocycles. The molecule has 0 aliphatic heterocycles. The van der Waals surface area contributed by atoms with E-state index < -0.39 is 17.6 Å². The molecular weight excluding hydrogens is 563 g/mol. The Morgan fingerprint density at radius 1 is 1.19 bits per heavy atom. The molecule has 2 aliphatic rings. The number of hydrogen-bond donors (Lipinski definition) is 6. The monoisotopic (exact) mass is 593 g/mol. The number of alkyl halides is 3. The average Bonchev–Trinajstić information content (AvgIpc) is 3.66. The number of nitrogen functional groups attached to an aromatic ring is 1. The summed E-state index contributed by atoms with van der Waals surface area (Å²) >= 11 is 0. The molecule has 1 amide bonds. The van der Waals surface area contributed by atoms with Crippen LogP contribution in [-0.4, -0.2) is 56.6 Å². The highest BCUT2D eigenvalue weighted by molar-refractivity contribution is 6.16. The van der Waals surface area contributed by atoms with Crippen molar-refractivity contribution in [3.8, 4) is 0 Å². The molecule has 0 bridgehead atoms. The van der Waals surface area contributed by atoms with Crippen LogP contribution in [0.4, 0.5) is 30.6 Å². The number of anilines is 3. The second kappa shape index (κ2) is 11.8. The first-order valence-electron chi connectivity index (χ1n) is 13.6. The van der Waals surface area contributed by atoms with Gasteiger partial charge in [0.15, 0.2) is 0 Å². The lowest BCUT2D eigenvalue weighted by atomic mass is 9.79. The number of carbonyl (C=O) groups is 1. The van der Waals surface area contributed by atoms with Crippen LogP contribution in [-0.2, 0) is 6.18 Å². The Morgan fingerprint density at radius 3 is 2.63 bits per heavy atom. The van der Waals surface area contributed by atoms with E-state index in [2.05, 4.69) is 30.6 Å². The van der Waals surface area contributed by atoms with E-state index in [1.165, 1.54) is 30.6 Å². The molecule has 2 heterocycles. The second-order valence-corrected chi connectivity index (χ2v) is 10.4. The average molecular weight is 594 g/mol. The minimum absolute atomic E-state index is 0.0187. The van der Waals surface area contributed by atoms with Crippen LogP contribution >= 0.6 is 0 Å². The third kappa shape index (κ3) is 6.04. The van der Waals surface area contributed by atoms with Crippen LogP contribution in [0.25, 0.3) is 0 Å². The van der Waals surface area contributed by atoms with E-state index in [1.807, 2.05) is 0 Å². The van der Waals surface area contributed by atoms with Crippen molar-refractivity contribution in [1.82, 2.24) is 15.0 Å². The van der Waals surface area contributed by atoms with Gasteiger partial charge < -0.3 is 27.2 Å². The molecule has 1 aromatic carbocycles. The van der Waals surface area contributed by atoms with Crippen molar-refractivity contribution in [1.29, 1.82) is 5.41 Å². The molecule has 8 N–H and O–H groups in total. The normalized spacial score (nSPS) is 21.6. The van der Waals surface area contributed by atoms with Crippen molar-refractivity contribution < 1.29 is 23.1 Å². The third-order valence-electron chi connectivity index (χ3n) is 7.73. The van der Waals surface area contributed by atoms with Gasteiger partial charge >= 0.3 is 6.18 Å². The molecule has 0 radical (unpaired) electrons. The van der Waals surface area contributed by atoms with Crippen molar-refractivity contribution in [2.75, 3.05) is 29.5 Å². The molecule has 2 fully saturated rings. The lowest BCUT2D eigenvalue weighted by Gasteiger charge is -2.28. The zero-order chi connectivity index (χ0) is 30.8. The topological polar surface area (TPSA) is 188 Å². The first-order valence-corrected chi connectivity index (χ1v) is 13.6. The molecule has 14 heteroatoms. The fourth-order valence-corrected chi connectivity index (χ4v) is 5.52. The van der Waals surface area contributed by atoms with E-state index in [1.54, 1.807) is 6.20 Å². The summed E-state index contributed by atoms with van der Waals surface area (Å²) in [6.45, 7) is 0.271. The molecule has 1 spiro atoms. The summed E-state index contributed by atoms with van der Waals surface area (Å²) in [5, 5.41) is 23.9. The third-order valence-corrected chi connectivity index (χ3v) is 7.73. The number of nitrogens with two attached hydrogens (primary N) is 2. The van der Waals surface area contributed by atoms with Gasteiger partial charge in [-0.3, -0.25) is 15.2 Å². The molecule has 11 nitrogen and oxygen atoms in total. The SMILES string of the molecule is N=C(c1ccc(C(=O)Nc2cc(C(F)(F)F)ccn2)cc1)c1c(N)ncnc1N[C@H]1C[C@@]12CCCC(=NCCO)C2=CN. The highest BCUT2D eigenvalue weighted by Crippen LogP contribution is 2.59. The predicted molar refractivity (Wildman–Crippen MR) is 156 cm³/mol. The largest absolute Gasteiger partial charge is 0.416 e. The van der Waals surface area contributed by atoms with Crippen LogP contribution in [0.2, 0.25) is 0 Å². The summed E-state index contributed by atoms with van der Waals surface area (Å²) < 4.78 is 39.0. The van der Waals surface area contributed by atoms with Crippen LogP contribution in [0, 0.1) is 10.8 Å². The summed E-state index contributed by atoms with van der Waals surface area (Å²) in [6.07, 6.45) is 2.71. The molecule has 43 heavy (non-hydrogen) atoms. The molecule has 3 aromatic rings. The number of amides is 1. The summed E-state index contributed by atoms with van der Waals surface area (Å²) in [6, 6.07) is 7.50. The van der Waals surface area contributed by atoms with E-state index >= 15 is 0 Å². The summed E-state index contributed by atoms with van der Waals surface area (Å²) in [5.74, 6) is -0.422.